The molecule has 91 heavy (non-hydrogen) atoms. The van der Waals surface area contributed by atoms with Gasteiger partial charge in [0.15, 0.2) is 0 Å². The van der Waals surface area contributed by atoms with Gasteiger partial charge in [-0.1, -0.05) is 37.4 Å². The number of ether oxygens (including phenoxy) is 11. The normalized spacial score (nSPS) is 13.5. The van der Waals surface area contributed by atoms with E-state index >= 15 is 0 Å². The molecule has 0 unspecified atom stereocenters. The lowest BCUT2D eigenvalue weighted by Crippen LogP contribution is -2.30. The Morgan fingerprint density at radius 3 is 1.42 bits per heavy atom. The Bertz CT molecular complexity index is 3540. The number of hydrogen-bond acceptors (Lipinski definition) is 19. The quantitative estimate of drug-likeness (QED) is 0.0117. The minimum absolute atomic E-state index is 0.194. The second kappa shape index (κ2) is 36.1. The van der Waals surface area contributed by atoms with Crippen molar-refractivity contribution >= 4 is 46.8 Å². The van der Waals surface area contributed by atoms with Crippen molar-refractivity contribution < 1.29 is 80.9 Å². The van der Waals surface area contributed by atoms with Crippen LogP contribution >= 0.6 is 0 Å². The summed E-state index contributed by atoms with van der Waals surface area (Å²) < 4.78 is 62.0. The lowest BCUT2D eigenvalue weighted by molar-refractivity contribution is -0.141. The first-order valence-electron chi connectivity index (χ1n) is 30.8. The fraction of sp³-hybridized carbons (Fsp3) is 0.333. The third-order valence-electron chi connectivity index (χ3n) is 14.6. The Kier molecular flexibility index (Phi) is 26.6. The summed E-state index contributed by atoms with van der Waals surface area (Å²) in [5.41, 5.74) is 3.88. The van der Waals surface area contributed by atoms with Crippen molar-refractivity contribution in [1.29, 1.82) is 0 Å². The summed E-state index contributed by atoms with van der Waals surface area (Å²) in [6.07, 6.45) is 10.7. The van der Waals surface area contributed by atoms with Gasteiger partial charge in [-0.3, -0.25) is 4.79 Å². The molecule has 0 atom stereocenters. The molecule has 476 valence electrons. The van der Waals surface area contributed by atoms with Gasteiger partial charge in [0, 0.05) is 36.0 Å². The fourth-order valence-corrected chi connectivity index (χ4v) is 9.68. The summed E-state index contributed by atoms with van der Waals surface area (Å²) in [6, 6.07) is 38.9. The zero-order chi connectivity index (χ0) is 64.0. The van der Waals surface area contributed by atoms with E-state index in [1.165, 1.54) is 24.3 Å². The standard InChI is InChI=1S/C72H76N2O17/c1-4-65(75)86-41-13-9-7-11-39-83-56-29-25-52(26-30-56)72(80)91-62-20-16-18-55(48-62)68-67(73-63-38-37-60(49-64(63)74-68)85-46-45-82-44-43-81-6-3)54-17-15-19-61(47-54)90-71(79)51-23-21-50(22-24-51)69(77)88-58-31-27-53(28-32-58)70(78)89-59-35-33-57(34-36-59)84-40-12-8-10-14-42-87-66(76)5-2/h4-5,15-26,29-30,33-38,47-49,53,58H,1-2,6-14,27-28,31-32,39-46H2,3H3. The van der Waals surface area contributed by atoms with E-state index < -0.39 is 36.0 Å². The van der Waals surface area contributed by atoms with Crippen LogP contribution in [-0.4, -0.2) is 111 Å². The summed E-state index contributed by atoms with van der Waals surface area (Å²) in [5, 5.41) is 0. The molecule has 8 rings (SSSR count). The van der Waals surface area contributed by atoms with Crippen LogP contribution in [0.1, 0.15) is 115 Å². The molecule has 19 nitrogen and oxygen atoms in total. The largest absolute Gasteiger partial charge is 0.494 e. The van der Waals surface area contributed by atoms with Gasteiger partial charge in [-0.25, -0.2) is 33.9 Å². The minimum Gasteiger partial charge on any atom is -0.494 e. The molecule has 0 bridgehead atoms. The highest BCUT2D eigenvalue weighted by Gasteiger charge is 2.30. The van der Waals surface area contributed by atoms with Gasteiger partial charge in [-0.2, -0.15) is 0 Å². The first kappa shape index (κ1) is 67.2. The Balaban J connectivity index is 0.851. The molecule has 0 saturated heterocycles. The van der Waals surface area contributed by atoms with E-state index in [9.17, 15) is 28.8 Å². The lowest BCUT2D eigenvalue weighted by atomic mass is 9.87. The maximum absolute atomic E-state index is 13.7. The van der Waals surface area contributed by atoms with Crippen molar-refractivity contribution in [2.75, 3.05) is 59.5 Å². The maximum Gasteiger partial charge on any atom is 0.343 e. The van der Waals surface area contributed by atoms with Crippen LogP contribution in [0.3, 0.4) is 0 Å². The second-order valence-electron chi connectivity index (χ2n) is 21.2. The van der Waals surface area contributed by atoms with Crippen LogP contribution in [0.25, 0.3) is 33.5 Å². The predicted molar refractivity (Wildman–Crippen MR) is 339 cm³/mol. The van der Waals surface area contributed by atoms with Crippen LogP contribution in [0.5, 0.6) is 34.5 Å². The molecule has 1 aromatic heterocycles. The highest BCUT2D eigenvalue weighted by molar-refractivity contribution is 5.95. The van der Waals surface area contributed by atoms with Gasteiger partial charge in [-0.05, 0) is 193 Å². The molecule has 1 saturated carbocycles. The van der Waals surface area contributed by atoms with Crippen LogP contribution in [0.15, 0.2) is 165 Å². The average molecular weight is 1240 g/mol. The highest BCUT2D eigenvalue weighted by Crippen LogP contribution is 2.36. The first-order chi connectivity index (χ1) is 44.4. The Morgan fingerprint density at radius 1 is 0.429 bits per heavy atom. The summed E-state index contributed by atoms with van der Waals surface area (Å²) in [6.45, 7) is 12.7. The molecule has 19 heteroatoms. The zero-order valence-electron chi connectivity index (χ0n) is 51.2. The number of fused-ring (bicyclic) bond motifs is 1. The van der Waals surface area contributed by atoms with Gasteiger partial charge in [0.05, 0.1) is 91.3 Å². The topological polar surface area (TPSA) is 230 Å². The third-order valence-corrected chi connectivity index (χ3v) is 14.6. The van der Waals surface area contributed by atoms with Crippen LogP contribution in [0.4, 0.5) is 0 Å². The summed E-state index contributed by atoms with van der Waals surface area (Å²) in [7, 11) is 0. The van der Waals surface area contributed by atoms with E-state index in [1.807, 2.05) is 19.1 Å². The molecular weight excluding hydrogens is 1160 g/mol. The Labute approximate surface area is 529 Å². The van der Waals surface area contributed by atoms with E-state index in [0.29, 0.717) is 147 Å². The van der Waals surface area contributed by atoms with Gasteiger partial charge in [0.25, 0.3) is 0 Å². The number of nitrogens with zero attached hydrogens (tertiary/aromatic N) is 2. The third kappa shape index (κ3) is 21.8. The molecule has 0 spiro atoms. The van der Waals surface area contributed by atoms with Crippen LogP contribution < -0.4 is 28.4 Å². The molecule has 7 aromatic rings. The molecule has 0 N–H and O–H groups in total. The number of hydrogen-bond donors (Lipinski definition) is 0. The average Bonchev–Trinajstić information content (AvgIpc) is 1.09. The number of benzene rings is 6. The van der Waals surface area contributed by atoms with Gasteiger partial charge >= 0.3 is 35.8 Å². The summed E-state index contributed by atoms with van der Waals surface area (Å²) in [5.74, 6) is -0.606. The Hall–Kier alpha value is -9.72. The van der Waals surface area contributed by atoms with E-state index in [1.54, 1.807) is 103 Å². The summed E-state index contributed by atoms with van der Waals surface area (Å²) >= 11 is 0. The second-order valence-corrected chi connectivity index (χ2v) is 21.2. The molecule has 1 aliphatic carbocycles. The molecule has 0 radical (unpaired) electrons. The molecule has 1 fully saturated rings. The number of aromatic nitrogens is 2. The number of rotatable bonds is 36. The number of esters is 6. The van der Waals surface area contributed by atoms with E-state index in [4.69, 9.17) is 62.1 Å². The van der Waals surface area contributed by atoms with Crippen molar-refractivity contribution in [3.05, 3.63) is 182 Å². The highest BCUT2D eigenvalue weighted by atomic mass is 16.6. The number of carbonyl (C=O) groups excluding carboxylic acids is 6. The van der Waals surface area contributed by atoms with Crippen molar-refractivity contribution in [2.24, 2.45) is 5.92 Å². The predicted octanol–water partition coefficient (Wildman–Crippen LogP) is 13.5. The lowest BCUT2D eigenvalue weighted by Gasteiger charge is -2.27. The molecule has 1 aliphatic rings. The van der Waals surface area contributed by atoms with Crippen LogP contribution in [0, 0.1) is 5.92 Å². The fourth-order valence-electron chi connectivity index (χ4n) is 9.68. The van der Waals surface area contributed by atoms with Gasteiger partial charge in [-0.15, -0.1) is 0 Å². The summed E-state index contributed by atoms with van der Waals surface area (Å²) in [4.78, 5) is 86.2. The molecule has 1 heterocycles. The van der Waals surface area contributed by atoms with Gasteiger partial charge < -0.3 is 52.1 Å². The van der Waals surface area contributed by atoms with E-state index in [2.05, 4.69) is 13.2 Å². The van der Waals surface area contributed by atoms with E-state index in [-0.39, 0.29) is 34.5 Å². The smallest absolute Gasteiger partial charge is 0.343 e. The Morgan fingerprint density at radius 2 is 0.879 bits per heavy atom. The molecule has 6 aromatic carbocycles. The van der Waals surface area contributed by atoms with Gasteiger partial charge in [0.2, 0.25) is 0 Å². The monoisotopic (exact) mass is 1240 g/mol. The maximum atomic E-state index is 13.7. The van der Waals surface area contributed by atoms with Crippen molar-refractivity contribution in [3.63, 3.8) is 0 Å². The minimum atomic E-state index is -0.667. The molecular formula is C72H76N2O17. The van der Waals surface area contributed by atoms with Crippen LogP contribution in [0.2, 0.25) is 0 Å². The van der Waals surface area contributed by atoms with E-state index in [0.717, 1.165) is 63.5 Å². The molecule has 0 amide bonds. The SMILES string of the molecule is C=CC(=O)OCCCCCCOc1ccc(OC(=O)C2CCC(OC(=O)c3ccc(C(=O)Oc4cccc(-c5nc6ccc(OCCOCCOCC)cc6nc5-c5cccc(OC(=O)c6ccc(OCCCCCCOC(=O)C=C)cc6)c5)c4)cc3)CC2)cc1. The van der Waals surface area contributed by atoms with Gasteiger partial charge in [0.1, 0.15) is 47.2 Å². The van der Waals surface area contributed by atoms with Crippen molar-refractivity contribution in [3.8, 4) is 57.0 Å². The molecule has 0 aliphatic heterocycles. The zero-order valence-corrected chi connectivity index (χ0v) is 51.2. The number of unbranched alkanes of at least 4 members (excludes halogenated alkanes) is 6. The van der Waals surface area contributed by atoms with Crippen LogP contribution in [-0.2, 0) is 38.1 Å². The first-order valence-corrected chi connectivity index (χ1v) is 30.8. The number of carbonyl (C=O) groups is 6. The van der Waals surface area contributed by atoms with Crippen molar-refractivity contribution in [1.82, 2.24) is 9.97 Å². The van der Waals surface area contributed by atoms with Crippen molar-refractivity contribution in [2.45, 2.75) is 90.1 Å².